The SMILES string of the molecule is O=Cc1cc(F)ccc1N1CCC(CN2CCCC2)CC1. The monoisotopic (exact) mass is 290 g/mol. The molecule has 0 bridgehead atoms. The van der Waals surface area contributed by atoms with Crippen LogP contribution in [0.15, 0.2) is 18.2 Å². The van der Waals surface area contributed by atoms with E-state index in [9.17, 15) is 9.18 Å². The fourth-order valence-electron chi connectivity index (χ4n) is 3.59. The van der Waals surface area contributed by atoms with E-state index in [1.807, 2.05) is 0 Å². The number of hydrogen-bond acceptors (Lipinski definition) is 3. The van der Waals surface area contributed by atoms with Crippen molar-refractivity contribution in [3.63, 3.8) is 0 Å². The summed E-state index contributed by atoms with van der Waals surface area (Å²) in [5.74, 6) is 0.421. The number of rotatable bonds is 4. The molecule has 2 aliphatic heterocycles. The van der Waals surface area contributed by atoms with Gasteiger partial charge in [0.25, 0.3) is 0 Å². The van der Waals surface area contributed by atoms with Crippen LogP contribution in [0.2, 0.25) is 0 Å². The molecule has 0 atom stereocenters. The summed E-state index contributed by atoms with van der Waals surface area (Å²) in [7, 11) is 0. The van der Waals surface area contributed by atoms with Gasteiger partial charge >= 0.3 is 0 Å². The number of hydrogen-bond donors (Lipinski definition) is 0. The average molecular weight is 290 g/mol. The van der Waals surface area contributed by atoms with Crippen LogP contribution in [-0.2, 0) is 0 Å². The Morgan fingerprint density at radius 3 is 2.52 bits per heavy atom. The van der Waals surface area contributed by atoms with Crippen molar-refractivity contribution in [3.05, 3.63) is 29.6 Å². The summed E-state index contributed by atoms with van der Waals surface area (Å²) in [6.45, 7) is 5.66. The molecule has 0 aliphatic carbocycles. The lowest BCUT2D eigenvalue weighted by Gasteiger charge is -2.35. The van der Waals surface area contributed by atoms with E-state index >= 15 is 0 Å². The Hall–Kier alpha value is -1.42. The van der Waals surface area contributed by atoms with Crippen molar-refractivity contribution in [2.45, 2.75) is 25.7 Å². The van der Waals surface area contributed by atoms with Gasteiger partial charge in [-0.1, -0.05) is 0 Å². The van der Waals surface area contributed by atoms with Gasteiger partial charge in [0.05, 0.1) is 0 Å². The predicted octanol–water partition coefficient (Wildman–Crippen LogP) is 2.95. The van der Waals surface area contributed by atoms with Gasteiger partial charge < -0.3 is 9.80 Å². The minimum Gasteiger partial charge on any atom is -0.371 e. The Morgan fingerprint density at radius 2 is 1.86 bits per heavy atom. The average Bonchev–Trinajstić information content (AvgIpc) is 3.01. The molecule has 0 N–H and O–H groups in total. The van der Waals surface area contributed by atoms with Crippen molar-refractivity contribution in [1.82, 2.24) is 4.90 Å². The lowest BCUT2D eigenvalue weighted by atomic mass is 9.95. The van der Waals surface area contributed by atoms with Crippen molar-refractivity contribution < 1.29 is 9.18 Å². The Morgan fingerprint density at radius 1 is 1.14 bits per heavy atom. The van der Waals surface area contributed by atoms with Crippen LogP contribution in [0.5, 0.6) is 0 Å². The highest BCUT2D eigenvalue weighted by molar-refractivity contribution is 5.84. The molecule has 0 unspecified atom stereocenters. The maximum Gasteiger partial charge on any atom is 0.152 e. The Balaban J connectivity index is 1.59. The van der Waals surface area contributed by atoms with Crippen molar-refractivity contribution in [2.75, 3.05) is 37.6 Å². The van der Waals surface area contributed by atoms with E-state index in [0.717, 1.165) is 43.8 Å². The van der Waals surface area contributed by atoms with Gasteiger partial charge in [-0.3, -0.25) is 4.79 Å². The minimum atomic E-state index is -0.343. The number of likely N-dealkylation sites (tertiary alicyclic amines) is 1. The molecule has 2 saturated heterocycles. The summed E-state index contributed by atoms with van der Waals surface area (Å²) in [6.07, 6.45) is 5.77. The molecule has 3 rings (SSSR count). The van der Waals surface area contributed by atoms with Gasteiger partial charge in [-0.2, -0.15) is 0 Å². The molecule has 0 spiro atoms. The van der Waals surface area contributed by atoms with Gasteiger partial charge in [0.15, 0.2) is 6.29 Å². The lowest BCUT2D eigenvalue weighted by Crippen LogP contribution is -2.38. The first-order valence-corrected chi connectivity index (χ1v) is 7.98. The van der Waals surface area contributed by atoms with Crippen LogP contribution in [0.25, 0.3) is 0 Å². The zero-order chi connectivity index (χ0) is 14.7. The molecule has 2 aliphatic rings. The summed E-state index contributed by atoms with van der Waals surface area (Å²) in [5, 5.41) is 0. The van der Waals surface area contributed by atoms with Crippen molar-refractivity contribution >= 4 is 12.0 Å². The van der Waals surface area contributed by atoms with E-state index < -0.39 is 0 Å². The standard InChI is InChI=1S/C17H23FN2O/c18-16-3-4-17(15(11-16)13-21)20-9-5-14(6-10-20)12-19-7-1-2-8-19/h3-4,11,13-14H,1-2,5-10,12H2. The van der Waals surface area contributed by atoms with Gasteiger partial charge in [-0.05, 0) is 62.9 Å². The largest absolute Gasteiger partial charge is 0.371 e. The number of anilines is 1. The number of aldehydes is 1. The van der Waals surface area contributed by atoms with E-state index in [1.165, 1.54) is 44.6 Å². The predicted molar refractivity (Wildman–Crippen MR) is 82.4 cm³/mol. The van der Waals surface area contributed by atoms with Crippen molar-refractivity contribution in [1.29, 1.82) is 0 Å². The van der Waals surface area contributed by atoms with Gasteiger partial charge in [0.1, 0.15) is 5.82 Å². The molecule has 0 radical (unpaired) electrons. The molecule has 3 nitrogen and oxygen atoms in total. The topological polar surface area (TPSA) is 23.6 Å². The van der Waals surface area contributed by atoms with Crippen LogP contribution >= 0.6 is 0 Å². The molecule has 1 aromatic carbocycles. The molecule has 114 valence electrons. The first kappa shape index (κ1) is 14.5. The van der Waals surface area contributed by atoms with Gasteiger partial charge in [-0.25, -0.2) is 4.39 Å². The van der Waals surface area contributed by atoms with Crippen molar-refractivity contribution in [3.8, 4) is 0 Å². The number of halogens is 1. The third kappa shape index (κ3) is 3.43. The van der Waals surface area contributed by atoms with Crippen LogP contribution in [0.1, 0.15) is 36.0 Å². The van der Waals surface area contributed by atoms with E-state index in [0.29, 0.717) is 5.56 Å². The maximum atomic E-state index is 13.2. The van der Waals surface area contributed by atoms with E-state index in [4.69, 9.17) is 0 Å². The number of piperidine rings is 1. The molecule has 0 aromatic heterocycles. The highest BCUT2D eigenvalue weighted by atomic mass is 19.1. The highest BCUT2D eigenvalue weighted by Gasteiger charge is 2.24. The molecular formula is C17H23FN2O. The summed E-state index contributed by atoms with van der Waals surface area (Å²) < 4.78 is 13.2. The van der Waals surface area contributed by atoms with Crippen LogP contribution in [0.4, 0.5) is 10.1 Å². The molecule has 0 saturated carbocycles. The molecule has 2 fully saturated rings. The minimum absolute atomic E-state index is 0.343. The third-order valence-corrected chi connectivity index (χ3v) is 4.79. The van der Waals surface area contributed by atoms with E-state index in [2.05, 4.69) is 9.80 Å². The molecule has 0 amide bonds. The van der Waals surface area contributed by atoms with Crippen LogP contribution in [-0.4, -0.2) is 43.9 Å². The van der Waals surface area contributed by atoms with Gasteiger partial charge in [0.2, 0.25) is 0 Å². The number of benzene rings is 1. The first-order chi connectivity index (χ1) is 10.3. The van der Waals surface area contributed by atoms with E-state index in [-0.39, 0.29) is 5.82 Å². The number of carbonyl (C=O) groups excluding carboxylic acids is 1. The maximum absolute atomic E-state index is 13.2. The fourth-order valence-corrected chi connectivity index (χ4v) is 3.59. The first-order valence-electron chi connectivity index (χ1n) is 7.98. The number of nitrogens with zero attached hydrogens (tertiary/aromatic N) is 2. The van der Waals surface area contributed by atoms with Crippen LogP contribution < -0.4 is 4.90 Å². The zero-order valence-corrected chi connectivity index (χ0v) is 12.4. The van der Waals surface area contributed by atoms with E-state index in [1.54, 1.807) is 6.07 Å². The zero-order valence-electron chi connectivity index (χ0n) is 12.4. The van der Waals surface area contributed by atoms with Crippen LogP contribution in [0.3, 0.4) is 0 Å². The second kappa shape index (κ2) is 6.56. The molecule has 4 heteroatoms. The summed E-state index contributed by atoms with van der Waals surface area (Å²) in [4.78, 5) is 15.9. The quantitative estimate of drug-likeness (QED) is 0.797. The Bertz CT molecular complexity index is 492. The Labute approximate surface area is 125 Å². The second-order valence-electron chi connectivity index (χ2n) is 6.26. The van der Waals surface area contributed by atoms with Crippen molar-refractivity contribution in [2.24, 2.45) is 5.92 Å². The molecule has 2 heterocycles. The Kier molecular flexibility index (Phi) is 4.54. The lowest BCUT2D eigenvalue weighted by molar-refractivity contribution is 0.112. The third-order valence-electron chi connectivity index (χ3n) is 4.79. The second-order valence-corrected chi connectivity index (χ2v) is 6.26. The molecular weight excluding hydrogens is 267 g/mol. The summed E-state index contributed by atoms with van der Waals surface area (Å²) in [6, 6.07) is 4.51. The van der Waals surface area contributed by atoms with Crippen LogP contribution in [0, 0.1) is 11.7 Å². The number of carbonyl (C=O) groups is 1. The fraction of sp³-hybridized carbons (Fsp3) is 0.588. The normalized spacial score (nSPS) is 20.9. The molecule has 21 heavy (non-hydrogen) atoms. The summed E-state index contributed by atoms with van der Waals surface area (Å²) >= 11 is 0. The highest BCUT2D eigenvalue weighted by Crippen LogP contribution is 2.27. The molecule has 1 aromatic rings. The van der Waals surface area contributed by atoms with Gasteiger partial charge in [-0.15, -0.1) is 0 Å². The smallest absolute Gasteiger partial charge is 0.152 e. The summed E-state index contributed by atoms with van der Waals surface area (Å²) in [5.41, 5.74) is 1.35. The van der Waals surface area contributed by atoms with Gasteiger partial charge in [0, 0.05) is 30.9 Å².